The molecule has 2 aromatic carbocycles. The van der Waals surface area contributed by atoms with Crippen LogP contribution in [-0.4, -0.2) is 111 Å². The van der Waals surface area contributed by atoms with Crippen LogP contribution >= 0.6 is 15.6 Å². The molecule has 0 saturated carbocycles. The van der Waals surface area contributed by atoms with Gasteiger partial charge in [0.05, 0.1) is 24.1 Å². The lowest BCUT2D eigenvalue weighted by molar-refractivity contribution is -0.278. The summed E-state index contributed by atoms with van der Waals surface area (Å²) in [6.07, 6.45) is -14.1. The summed E-state index contributed by atoms with van der Waals surface area (Å²) >= 11 is 0. The number of ether oxygens (including phenoxy) is 2. The van der Waals surface area contributed by atoms with E-state index in [-0.39, 0.29) is 29.0 Å². The number of nitrogen functional groups attached to an aromatic ring is 1. The Labute approximate surface area is 270 Å². The van der Waals surface area contributed by atoms with Crippen molar-refractivity contribution in [3.63, 3.8) is 0 Å². The first-order valence-electron chi connectivity index (χ1n) is 14.1. The predicted octanol–water partition coefficient (Wildman–Crippen LogP) is -1.72. The molecule has 0 bridgehead atoms. The molecular formula is C25H32N6O15P2. The first kappa shape index (κ1) is 34.6. The van der Waals surface area contributed by atoms with Crippen molar-refractivity contribution in [2.45, 2.75) is 55.4 Å². The van der Waals surface area contributed by atoms with Gasteiger partial charge in [0.15, 0.2) is 18.8 Å². The van der Waals surface area contributed by atoms with Crippen molar-refractivity contribution >= 4 is 38.1 Å². The van der Waals surface area contributed by atoms with Crippen LogP contribution in [-0.2, 0) is 32.0 Å². The minimum Gasteiger partial charge on any atom is -0.506 e. The van der Waals surface area contributed by atoms with Crippen LogP contribution in [0.3, 0.4) is 0 Å². The van der Waals surface area contributed by atoms with E-state index in [9.17, 15) is 49.6 Å². The van der Waals surface area contributed by atoms with E-state index >= 15 is 0 Å². The zero-order chi connectivity index (χ0) is 34.5. The highest BCUT2D eigenvalue weighted by atomic mass is 31.3. The van der Waals surface area contributed by atoms with Crippen molar-refractivity contribution in [1.82, 2.24) is 25.5 Å². The summed E-state index contributed by atoms with van der Waals surface area (Å²) in [6.45, 7) is -0.228. The highest BCUT2D eigenvalue weighted by Gasteiger charge is 2.52. The second-order valence-electron chi connectivity index (χ2n) is 11.0. The quantitative estimate of drug-likeness (QED) is 0.0820. The molecule has 48 heavy (non-hydrogen) atoms. The SMILES string of the molecule is Nc1cc(O)c2ncn([C@@H]3O[C@H](OP(=O)(O)OP(=O)(O)O[C@H]4O[C@@H](CN5NC=C(c6ccccc6)N5)[C@@H](O)[C@@H](O)[C@@H]4O)[C@@H](O)[C@H]3O)c2c1. The smallest absolute Gasteiger partial charge is 0.483 e. The number of rotatable bonds is 10. The molecular weight excluding hydrogens is 686 g/mol. The number of hydrogen-bond acceptors (Lipinski definition) is 18. The monoisotopic (exact) mass is 718 g/mol. The maximum absolute atomic E-state index is 12.8. The van der Waals surface area contributed by atoms with Crippen LogP contribution in [0.4, 0.5) is 5.69 Å². The Kier molecular flexibility index (Phi) is 9.56. The molecule has 0 amide bonds. The Bertz CT molecular complexity index is 1770. The molecule has 6 rings (SSSR count). The Morgan fingerprint density at radius 3 is 2.23 bits per heavy atom. The highest BCUT2D eigenvalue weighted by Crippen LogP contribution is 2.62. The molecule has 0 aliphatic carbocycles. The van der Waals surface area contributed by atoms with Gasteiger partial charge in [0.2, 0.25) is 0 Å². The standard InChI is InChI=1S/C25H32N6O15P2/c26-12-6-14-17(15(32)7-12)27-10-30(14)23-20(35)22(37)25(43-23)45-48(40,41)46-47(38,39)44-24-21(36)19(34)18(33)16(42-24)9-31-28-8-13(29-31)11-4-2-1-3-5-11/h1-8,10,16,18-25,28-29,32-37H,9,26H2,(H,38,39)(H,40,41)/t16-,18+,19+,20+,21-,22-,23+,24+,25+/m0/s1. The fraction of sp³-hybridized carbons (Fsp3) is 0.400. The molecule has 2 saturated heterocycles. The number of aromatic nitrogens is 2. The van der Waals surface area contributed by atoms with Gasteiger partial charge in [0.25, 0.3) is 0 Å². The summed E-state index contributed by atoms with van der Waals surface area (Å²) < 4.78 is 51.3. The normalized spacial score (nSPS) is 33.5. The first-order chi connectivity index (χ1) is 22.6. The topological polar surface area (TPSA) is 313 Å². The Balaban J connectivity index is 1.08. The van der Waals surface area contributed by atoms with Gasteiger partial charge >= 0.3 is 15.6 Å². The number of nitrogens with zero attached hydrogens (tertiary/aromatic N) is 3. The lowest BCUT2D eigenvalue weighted by Crippen LogP contribution is -2.61. The lowest BCUT2D eigenvalue weighted by Gasteiger charge is -2.41. The molecule has 3 aliphatic heterocycles. The van der Waals surface area contributed by atoms with E-state index in [1.165, 1.54) is 17.3 Å². The average Bonchev–Trinajstić information content (AvgIpc) is 3.73. The van der Waals surface area contributed by atoms with E-state index < -0.39 is 71.1 Å². The van der Waals surface area contributed by atoms with Crippen molar-refractivity contribution in [2.75, 3.05) is 12.3 Å². The van der Waals surface area contributed by atoms with E-state index in [0.717, 1.165) is 16.5 Å². The molecule has 3 aliphatic rings. The van der Waals surface area contributed by atoms with Crippen molar-refractivity contribution in [3.8, 4) is 5.75 Å². The Morgan fingerprint density at radius 1 is 0.896 bits per heavy atom. The molecule has 0 spiro atoms. The van der Waals surface area contributed by atoms with Crippen molar-refractivity contribution < 1.29 is 72.4 Å². The number of aliphatic hydroxyl groups excluding tert-OH is 5. The third kappa shape index (κ3) is 7.07. The van der Waals surface area contributed by atoms with E-state index in [4.69, 9.17) is 24.3 Å². The van der Waals surface area contributed by atoms with Gasteiger partial charge in [-0.05, 0) is 6.07 Å². The van der Waals surface area contributed by atoms with Gasteiger partial charge < -0.3 is 65.6 Å². The maximum atomic E-state index is 12.8. The van der Waals surface area contributed by atoms with E-state index in [1.54, 1.807) is 6.20 Å². The molecule has 1 aromatic heterocycles. The molecule has 4 heterocycles. The Hall–Kier alpha value is -3.21. The number of hydrogen-bond donors (Lipinski definition) is 11. The molecule has 11 atom stereocenters. The number of aromatic hydroxyl groups is 1. The summed E-state index contributed by atoms with van der Waals surface area (Å²) in [6, 6.07) is 11.7. The predicted molar refractivity (Wildman–Crippen MR) is 159 cm³/mol. The summed E-state index contributed by atoms with van der Waals surface area (Å²) in [5, 5.41) is 63.8. The zero-order valence-corrected chi connectivity index (χ0v) is 26.1. The zero-order valence-electron chi connectivity index (χ0n) is 24.3. The van der Waals surface area contributed by atoms with Crippen molar-refractivity contribution in [2.24, 2.45) is 0 Å². The fourth-order valence-electron chi connectivity index (χ4n) is 5.27. The third-order valence-electron chi connectivity index (χ3n) is 7.57. The van der Waals surface area contributed by atoms with Crippen LogP contribution in [0.1, 0.15) is 11.8 Å². The number of nitrogens with two attached hydrogens (primary N) is 1. The number of anilines is 1. The van der Waals surface area contributed by atoms with Crippen molar-refractivity contribution in [3.05, 3.63) is 60.6 Å². The minimum absolute atomic E-state index is 0.0574. The number of imidazole rings is 1. The van der Waals surface area contributed by atoms with Crippen LogP contribution < -0.4 is 16.6 Å². The van der Waals surface area contributed by atoms with Crippen molar-refractivity contribution in [1.29, 1.82) is 0 Å². The second-order valence-corrected chi connectivity index (χ2v) is 13.9. The summed E-state index contributed by atoms with van der Waals surface area (Å²) in [5.41, 5.74) is 13.4. The second kappa shape index (κ2) is 13.2. The lowest BCUT2D eigenvalue weighted by atomic mass is 9.99. The molecule has 23 heteroatoms. The minimum atomic E-state index is -5.70. The molecule has 0 radical (unpaired) electrons. The van der Waals surface area contributed by atoms with Gasteiger partial charge in [-0.15, -0.1) is 5.12 Å². The number of phenols is 1. The van der Waals surface area contributed by atoms with Crippen LogP contribution in [0, 0.1) is 0 Å². The molecule has 12 N–H and O–H groups in total. The summed E-state index contributed by atoms with van der Waals surface area (Å²) in [4.78, 5) is 24.5. The van der Waals surface area contributed by atoms with E-state index in [0.29, 0.717) is 5.70 Å². The van der Waals surface area contributed by atoms with E-state index in [2.05, 4.69) is 20.1 Å². The molecule has 3 aromatic rings. The number of phosphoric ester groups is 2. The van der Waals surface area contributed by atoms with Gasteiger partial charge in [-0.3, -0.25) is 14.5 Å². The molecule has 262 valence electrons. The van der Waals surface area contributed by atoms with Gasteiger partial charge in [0, 0.05) is 23.5 Å². The third-order valence-corrected chi connectivity index (χ3v) is 10.2. The molecule has 2 unspecified atom stereocenters. The maximum Gasteiger partial charge on any atom is 0.483 e. The van der Waals surface area contributed by atoms with Gasteiger partial charge in [-0.1, -0.05) is 30.3 Å². The van der Waals surface area contributed by atoms with Crippen LogP contribution in [0.25, 0.3) is 16.7 Å². The molecule has 2 fully saturated rings. The number of benzene rings is 2. The van der Waals surface area contributed by atoms with Gasteiger partial charge in [-0.2, -0.15) is 4.31 Å². The number of aliphatic hydroxyl groups is 5. The Morgan fingerprint density at radius 2 is 1.54 bits per heavy atom. The van der Waals surface area contributed by atoms with E-state index in [1.807, 2.05) is 30.3 Å². The van der Waals surface area contributed by atoms with Crippen LogP contribution in [0.5, 0.6) is 5.75 Å². The average molecular weight is 719 g/mol. The molecule has 21 nitrogen and oxygen atoms in total. The number of phosphoric acid groups is 2. The van der Waals surface area contributed by atoms with Crippen LogP contribution in [0.2, 0.25) is 0 Å². The first-order valence-corrected chi connectivity index (χ1v) is 17.1. The highest BCUT2D eigenvalue weighted by molar-refractivity contribution is 7.61. The fourth-order valence-corrected chi connectivity index (χ4v) is 7.49. The summed E-state index contributed by atoms with van der Waals surface area (Å²) in [5.74, 6) is -0.296. The van der Waals surface area contributed by atoms with Crippen LogP contribution in [0.15, 0.2) is 55.0 Å². The van der Waals surface area contributed by atoms with Gasteiger partial charge in [-0.25, -0.2) is 14.1 Å². The number of fused-ring (bicyclic) bond motifs is 1. The largest absolute Gasteiger partial charge is 0.506 e. The number of nitrogens with one attached hydrogen (secondary N) is 2. The van der Waals surface area contributed by atoms with Gasteiger partial charge in [0.1, 0.15) is 47.9 Å². The number of hydrazine groups is 2. The number of phenolic OH excluding ortho intramolecular Hbond substituents is 1. The summed E-state index contributed by atoms with van der Waals surface area (Å²) in [7, 11) is -11.4.